The van der Waals surface area contributed by atoms with Gasteiger partial charge in [-0.1, -0.05) is 26.2 Å². The summed E-state index contributed by atoms with van der Waals surface area (Å²) in [5, 5.41) is 8.29. The number of carbonyl (C=O) groups is 2. The van der Waals surface area contributed by atoms with Crippen molar-refractivity contribution < 1.29 is 9.59 Å². The Morgan fingerprint density at radius 2 is 1.89 bits per heavy atom. The molecule has 0 aromatic rings. The molecule has 5 heteroatoms. The Morgan fingerprint density at radius 1 is 1.22 bits per heavy atom. The van der Waals surface area contributed by atoms with Gasteiger partial charge in [0.25, 0.3) is 0 Å². The molecule has 0 radical (unpaired) electrons. The van der Waals surface area contributed by atoms with E-state index in [1.807, 2.05) is 13.8 Å². The minimum atomic E-state index is -0.275. The van der Waals surface area contributed by atoms with Gasteiger partial charge >= 0.3 is 6.03 Å². The quantitative estimate of drug-likeness (QED) is 0.697. The first-order chi connectivity index (χ1) is 8.61. The predicted octanol–water partition coefficient (Wildman–Crippen LogP) is 1.53. The van der Waals surface area contributed by atoms with Crippen LogP contribution in [0.15, 0.2) is 0 Å². The molecule has 0 aliphatic heterocycles. The molecule has 0 saturated heterocycles. The molecule has 104 valence electrons. The molecule has 5 nitrogen and oxygen atoms in total. The van der Waals surface area contributed by atoms with Crippen molar-refractivity contribution in [1.82, 2.24) is 16.0 Å². The van der Waals surface area contributed by atoms with Gasteiger partial charge in [0.2, 0.25) is 5.91 Å². The lowest BCUT2D eigenvalue weighted by Crippen LogP contribution is -2.46. The maximum Gasteiger partial charge on any atom is 0.315 e. The number of carbonyl (C=O) groups excluding carboxylic acids is 2. The Morgan fingerprint density at radius 3 is 2.50 bits per heavy atom. The zero-order valence-corrected chi connectivity index (χ0v) is 11.4. The highest BCUT2D eigenvalue weighted by atomic mass is 16.2. The van der Waals surface area contributed by atoms with Crippen LogP contribution in [0, 0.1) is 0 Å². The molecule has 1 fully saturated rings. The molecule has 1 saturated carbocycles. The Labute approximate surface area is 109 Å². The lowest BCUT2D eigenvalue weighted by Gasteiger charge is -2.22. The highest BCUT2D eigenvalue weighted by molar-refractivity contribution is 5.84. The first-order valence-electron chi connectivity index (χ1n) is 6.95. The smallest absolute Gasteiger partial charge is 0.315 e. The van der Waals surface area contributed by atoms with Crippen LogP contribution in [-0.4, -0.2) is 30.6 Å². The minimum absolute atomic E-state index is 0.0543. The van der Waals surface area contributed by atoms with Gasteiger partial charge in [0.15, 0.2) is 0 Å². The van der Waals surface area contributed by atoms with Crippen molar-refractivity contribution in [2.75, 3.05) is 6.54 Å². The van der Waals surface area contributed by atoms with Gasteiger partial charge in [-0.15, -0.1) is 0 Å². The molecule has 1 atom stereocenters. The summed E-state index contributed by atoms with van der Waals surface area (Å²) in [6, 6.07) is 0.153. The van der Waals surface area contributed by atoms with Gasteiger partial charge in [-0.2, -0.15) is 0 Å². The van der Waals surface area contributed by atoms with Crippen LogP contribution < -0.4 is 16.0 Å². The maximum absolute atomic E-state index is 11.6. The molecule has 3 N–H and O–H groups in total. The van der Waals surface area contributed by atoms with E-state index in [2.05, 4.69) is 16.0 Å². The second kappa shape index (κ2) is 7.95. The van der Waals surface area contributed by atoms with E-state index in [4.69, 9.17) is 0 Å². The Kier molecular flexibility index (Phi) is 6.54. The summed E-state index contributed by atoms with van der Waals surface area (Å²) < 4.78 is 0. The molecule has 3 amide bonds. The lowest BCUT2D eigenvalue weighted by molar-refractivity contribution is -0.121. The van der Waals surface area contributed by atoms with Crippen LogP contribution in [0.1, 0.15) is 52.4 Å². The predicted molar refractivity (Wildman–Crippen MR) is 71.3 cm³/mol. The Bertz CT molecular complexity index is 275. The monoisotopic (exact) mass is 255 g/mol. The SMILES string of the molecule is CCC(C)NC(=O)NCC(=O)NC1CCCCC1. The topological polar surface area (TPSA) is 70.2 Å². The van der Waals surface area contributed by atoms with Crippen molar-refractivity contribution in [2.45, 2.75) is 64.5 Å². The van der Waals surface area contributed by atoms with Crippen LogP contribution in [0.25, 0.3) is 0 Å². The first-order valence-corrected chi connectivity index (χ1v) is 6.95. The zero-order valence-electron chi connectivity index (χ0n) is 11.4. The van der Waals surface area contributed by atoms with Gasteiger partial charge in [0, 0.05) is 12.1 Å². The molecular weight excluding hydrogens is 230 g/mol. The third kappa shape index (κ3) is 5.89. The molecule has 0 bridgehead atoms. The van der Waals surface area contributed by atoms with E-state index in [1.165, 1.54) is 19.3 Å². The van der Waals surface area contributed by atoms with Crippen molar-refractivity contribution in [3.63, 3.8) is 0 Å². The molecule has 1 aliphatic rings. The summed E-state index contributed by atoms with van der Waals surface area (Å²) in [5.41, 5.74) is 0. The highest BCUT2D eigenvalue weighted by Crippen LogP contribution is 2.16. The molecule has 1 aliphatic carbocycles. The van der Waals surface area contributed by atoms with Crippen molar-refractivity contribution in [1.29, 1.82) is 0 Å². The van der Waals surface area contributed by atoms with Crippen LogP contribution in [0.2, 0.25) is 0 Å². The summed E-state index contributed by atoms with van der Waals surface area (Å²) in [5.74, 6) is -0.0961. The van der Waals surface area contributed by atoms with E-state index < -0.39 is 0 Å². The van der Waals surface area contributed by atoms with Crippen LogP contribution in [0.3, 0.4) is 0 Å². The number of urea groups is 1. The number of rotatable bonds is 5. The van der Waals surface area contributed by atoms with Gasteiger partial charge in [0.05, 0.1) is 6.54 Å². The van der Waals surface area contributed by atoms with Crippen LogP contribution in [-0.2, 0) is 4.79 Å². The lowest BCUT2D eigenvalue weighted by atomic mass is 9.95. The fraction of sp³-hybridized carbons (Fsp3) is 0.846. The van der Waals surface area contributed by atoms with Gasteiger partial charge in [-0.3, -0.25) is 4.79 Å². The molecule has 1 unspecified atom stereocenters. The number of hydrogen-bond acceptors (Lipinski definition) is 2. The van der Waals surface area contributed by atoms with E-state index in [-0.39, 0.29) is 24.5 Å². The second-order valence-corrected chi connectivity index (χ2v) is 5.04. The average Bonchev–Trinajstić information content (AvgIpc) is 2.37. The standard InChI is InChI=1S/C13H25N3O2/c1-3-10(2)15-13(18)14-9-12(17)16-11-7-5-4-6-8-11/h10-11H,3-9H2,1-2H3,(H,16,17)(H2,14,15,18). The normalized spacial score (nSPS) is 17.9. The van der Waals surface area contributed by atoms with Crippen molar-refractivity contribution >= 4 is 11.9 Å². The van der Waals surface area contributed by atoms with E-state index in [0.29, 0.717) is 6.04 Å². The summed E-state index contributed by atoms with van der Waals surface area (Å²) >= 11 is 0. The molecule has 0 aromatic heterocycles. The number of hydrogen-bond donors (Lipinski definition) is 3. The third-order valence-electron chi connectivity index (χ3n) is 3.37. The average molecular weight is 255 g/mol. The second-order valence-electron chi connectivity index (χ2n) is 5.04. The van der Waals surface area contributed by atoms with Crippen molar-refractivity contribution in [3.05, 3.63) is 0 Å². The number of amides is 3. The highest BCUT2D eigenvalue weighted by Gasteiger charge is 2.15. The molecule has 0 aromatic carbocycles. The summed E-state index contributed by atoms with van der Waals surface area (Å²) in [6.07, 6.45) is 6.64. The summed E-state index contributed by atoms with van der Waals surface area (Å²) in [4.78, 5) is 23.0. The first kappa shape index (κ1) is 14.8. The van der Waals surface area contributed by atoms with Crippen LogP contribution in [0.4, 0.5) is 4.79 Å². The molecule has 18 heavy (non-hydrogen) atoms. The molecular formula is C13H25N3O2. The van der Waals surface area contributed by atoms with Gasteiger partial charge in [0.1, 0.15) is 0 Å². The zero-order chi connectivity index (χ0) is 13.4. The largest absolute Gasteiger partial charge is 0.352 e. The maximum atomic E-state index is 11.6. The van der Waals surface area contributed by atoms with Gasteiger partial charge < -0.3 is 16.0 Å². The van der Waals surface area contributed by atoms with Gasteiger partial charge in [-0.25, -0.2) is 4.79 Å². The van der Waals surface area contributed by atoms with Crippen LogP contribution in [0.5, 0.6) is 0 Å². The Hall–Kier alpha value is -1.26. The van der Waals surface area contributed by atoms with Crippen molar-refractivity contribution in [3.8, 4) is 0 Å². The third-order valence-corrected chi connectivity index (χ3v) is 3.37. The summed E-state index contributed by atoms with van der Waals surface area (Å²) in [7, 11) is 0. The van der Waals surface area contributed by atoms with Gasteiger partial charge in [-0.05, 0) is 26.2 Å². The van der Waals surface area contributed by atoms with E-state index in [1.54, 1.807) is 0 Å². The number of nitrogens with one attached hydrogen (secondary N) is 3. The van der Waals surface area contributed by atoms with E-state index in [0.717, 1.165) is 19.3 Å². The minimum Gasteiger partial charge on any atom is -0.352 e. The summed E-state index contributed by atoms with van der Waals surface area (Å²) in [6.45, 7) is 3.99. The van der Waals surface area contributed by atoms with E-state index in [9.17, 15) is 9.59 Å². The fourth-order valence-corrected chi connectivity index (χ4v) is 2.06. The Balaban J connectivity index is 2.14. The molecule has 1 rings (SSSR count). The molecule has 0 spiro atoms. The van der Waals surface area contributed by atoms with Crippen LogP contribution >= 0.6 is 0 Å². The van der Waals surface area contributed by atoms with Crippen molar-refractivity contribution in [2.24, 2.45) is 0 Å². The fourth-order valence-electron chi connectivity index (χ4n) is 2.06. The molecule has 0 heterocycles. The van der Waals surface area contributed by atoms with E-state index >= 15 is 0 Å².